The van der Waals surface area contributed by atoms with E-state index in [0.717, 1.165) is 38.5 Å². The Morgan fingerprint density at radius 3 is 2.59 bits per heavy atom. The maximum atomic E-state index is 12.5. The lowest BCUT2D eigenvalue weighted by Gasteiger charge is -2.57. The third-order valence-corrected chi connectivity index (χ3v) is 7.65. The number of ketones is 2. The fraction of sp³-hybridized carbons (Fsp3) is 0.800. The molecule has 4 aliphatic carbocycles. The van der Waals surface area contributed by atoms with Gasteiger partial charge in [-0.2, -0.15) is 0 Å². The van der Waals surface area contributed by atoms with Crippen LogP contribution in [0.5, 0.6) is 0 Å². The molecule has 6 unspecified atom stereocenters. The molecule has 0 aromatic carbocycles. The second kappa shape index (κ2) is 4.79. The van der Waals surface area contributed by atoms with Gasteiger partial charge in [-0.1, -0.05) is 26.3 Å². The summed E-state index contributed by atoms with van der Waals surface area (Å²) in [7, 11) is 0. The van der Waals surface area contributed by atoms with Crippen molar-refractivity contribution in [3.63, 3.8) is 0 Å². The van der Waals surface area contributed by atoms with Crippen LogP contribution in [-0.4, -0.2) is 11.6 Å². The predicted octanol–water partition coefficient (Wildman–Crippen LogP) is 4.19. The van der Waals surface area contributed by atoms with E-state index in [9.17, 15) is 9.59 Å². The smallest absolute Gasteiger partial charge is 0.155 e. The lowest BCUT2D eigenvalue weighted by Crippen LogP contribution is -2.52. The van der Waals surface area contributed by atoms with Gasteiger partial charge in [-0.3, -0.25) is 9.59 Å². The minimum atomic E-state index is -0.0550. The van der Waals surface area contributed by atoms with Gasteiger partial charge in [-0.25, -0.2) is 0 Å². The molecule has 2 heteroatoms. The topological polar surface area (TPSA) is 34.1 Å². The SMILES string of the molecule is CC1C[C@]2(C)C(=O)CCC2C2C(C)CC3=CC(=O)CCC3C12. The molecule has 0 aromatic rings. The van der Waals surface area contributed by atoms with Gasteiger partial charge in [0.15, 0.2) is 5.78 Å². The van der Waals surface area contributed by atoms with Crippen molar-refractivity contribution in [2.75, 3.05) is 0 Å². The van der Waals surface area contributed by atoms with Crippen molar-refractivity contribution < 1.29 is 9.59 Å². The van der Waals surface area contributed by atoms with Crippen LogP contribution < -0.4 is 0 Å². The Balaban J connectivity index is 1.74. The first-order valence-corrected chi connectivity index (χ1v) is 9.18. The van der Waals surface area contributed by atoms with Crippen molar-refractivity contribution in [2.45, 2.75) is 59.3 Å². The number of fused-ring (bicyclic) bond motifs is 5. The zero-order valence-electron chi connectivity index (χ0n) is 14.1. The highest BCUT2D eigenvalue weighted by molar-refractivity contribution is 5.91. The number of carbonyl (C=O) groups excluding carboxylic acids is 2. The van der Waals surface area contributed by atoms with Gasteiger partial charge in [0.1, 0.15) is 5.78 Å². The van der Waals surface area contributed by atoms with Gasteiger partial charge in [0.05, 0.1) is 0 Å². The van der Waals surface area contributed by atoms with Gasteiger partial charge in [0.2, 0.25) is 0 Å². The largest absolute Gasteiger partial charge is 0.299 e. The number of hydrogen-bond donors (Lipinski definition) is 0. The Hall–Kier alpha value is -0.920. The van der Waals surface area contributed by atoms with E-state index in [4.69, 9.17) is 0 Å². The van der Waals surface area contributed by atoms with Gasteiger partial charge in [0.25, 0.3) is 0 Å². The molecular formula is C20H28O2. The molecule has 0 heterocycles. The molecule has 0 bridgehead atoms. The van der Waals surface area contributed by atoms with Gasteiger partial charge >= 0.3 is 0 Å². The summed E-state index contributed by atoms with van der Waals surface area (Å²) in [4.78, 5) is 24.3. The quantitative estimate of drug-likeness (QED) is 0.672. The molecule has 0 spiro atoms. The van der Waals surface area contributed by atoms with Crippen LogP contribution in [0.4, 0.5) is 0 Å². The van der Waals surface area contributed by atoms with Gasteiger partial charge in [-0.05, 0) is 67.3 Å². The Morgan fingerprint density at radius 1 is 1.05 bits per heavy atom. The molecule has 4 rings (SSSR count). The molecule has 0 aliphatic heterocycles. The van der Waals surface area contributed by atoms with Gasteiger partial charge < -0.3 is 0 Å². The van der Waals surface area contributed by atoms with Crippen molar-refractivity contribution in [3.05, 3.63) is 11.6 Å². The van der Waals surface area contributed by atoms with Gasteiger partial charge in [0, 0.05) is 18.3 Å². The summed E-state index contributed by atoms with van der Waals surface area (Å²) in [6, 6.07) is 0. The first-order valence-electron chi connectivity index (χ1n) is 9.18. The van der Waals surface area contributed by atoms with Crippen LogP contribution in [0.2, 0.25) is 0 Å². The summed E-state index contributed by atoms with van der Waals surface area (Å²) in [5.41, 5.74) is 1.38. The number of carbonyl (C=O) groups is 2. The average Bonchev–Trinajstić information content (AvgIpc) is 2.74. The Kier molecular flexibility index (Phi) is 3.19. The fourth-order valence-electron chi connectivity index (χ4n) is 6.90. The Morgan fingerprint density at radius 2 is 1.82 bits per heavy atom. The average molecular weight is 300 g/mol. The fourth-order valence-corrected chi connectivity index (χ4v) is 6.90. The minimum Gasteiger partial charge on any atom is -0.299 e. The van der Waals surface area contributed by atoms with E-state index in [0.29, 0.717) is 47.1 Å². The minimum absolute atomic E-state index is 0.0550. The molecule has 0 N–H and O–H groups in total. The van der Waals surface area contributed by atoms with E-state index in [1.807, 2.05) is 6.08 Å². The summed E-state index contributed by atoms with van der Waals surface area (Å²) in [5.74, 6) is 4.69. The normalized spacial score (nSPS) is 51.0. The molecule has 0 aromatic heterocycles. The first kappa shape index (κ1) is 14.7. The zero-order chi connectivity index (χ0) is 15.6. The molecular weight excluding hydrogens is 272 g/mol. The van der Waals surface area contributed by atoms with Crippen LogP contribution >= 0.6 is 0 Å². The van der Waals surface area contributed by atoms with Crippen molar-refractivity contribution >= 4 is 11.6 Å². The van der Waals surface area contributed by atoms with E-state index in [-0.39, 0.29) is 5.41 Å². The maximum Gasteiger partial charge on any atom is 0.155 e. The molecule has 120 valence electrons. The summed E-state index contributed by atoms with van der Waals surface area (Å²) < 4.78 is 0. The lowest BCUT2D eigenvalue weighted by molar-refractivity contribution is -0.136. The summed E-state index contributed by atoms with van der Waals surface area (Å²) >= 11 is 0. The van der Waals surface area contributed by atoms with Crippen LogP contribution in [0.25, 0.3) is 0 Å². The van der Waals surface area contributed by atoms with Crippen LogP contribution in [0.1, 0.15) is 59.3 Å². The molecule has 0 amide bonds. The zero-order valence-corrected chi connectivity index (χ0v) is 14.1. The molecule has 0 saturated heterocycles. The molecule has 0 radical (unpaired) electrons. The van der Waals surface area contributed by atoms with Crippen molar-refractivity contribution in [2.24, 2.45) is 40.9 Å². The second-order valence-electron chi connectivity index (χ2n) is 8.83. The molecule has 4 aliphatic rings. The highest BCUT2D eigenvalue weighted by atomic mass is 16.1. The van der Waals surface area contributed by atoms with Crippen LogP contribution in [0.15, 0.2) is 11.6 Å². The molecule has 3 fully saturated rings. The van der Waals surface area contributed by atoms with Crippen molar-refractivity contribution in [1.82, 2.24) is 0 Å². The van der Waals surface area contributed by atoms with E-state index >= 15 is 0 Å². The van der Waals surface area contributed by atoms with Crippen molar-refractivity contribution in [3.8, 4) is 0 Å². The molecule has 2 nitrogen and oxygen atoms in total. The predicted molar refractivity (Wildman–Crippen MR) is 86.2 cm³/mol. The highest BCUT2D eigenvalue weighted by Gasteiger charge is 2.59. The number of rotatable bonds is 0. The van der Waals surface area contributed by atoms with Crippen LogP contribution in [0, 0.1) is 40.9 Å². The molecule has 22 heavy (non-hydrogen) atoms. The third kappa shape index (κ3) is 1.85. The van der Waals surface area contributed by atoms with E-state index in [1.54, 1.807) is 0 Å². The van der Waals surface area contributed by atoms with Crippen LogP contribution in [0.3, 0.4) is 0 Å². The standard InChI is InChI=1S/C20H28O2/c1-11-8-13-9-14(21)4-5-15(13)18-12(2)10-20(3)16(19(11)18)6-7-17(20)22/h9,11-12,15-16,18-19H,4-8,10H2,1-3H3/t11?,12?,15?,16?,18?,19?,20-/m0/s1. The summed E-state index contributed by atoms with van der Waals surface area (Å²) in [6.07, 6.45) is 7.84. The maximum absolute atomic E-state index is 12.5. The first-order chi connectivity index (χ1) is 10.4. The second-order valence-corrected chi connectivity index (χ2v) is 8.83. The number of Topliss-reactive ketones (excluding diaryl/α,β-unsaturated/α-hetero) is 1. The number of hydrogen-bond acceptors (Lipinski definition) is 2. The van der Waals surface area contributed by atoms with Gasteiger partial charge in [-0.15, -0.1) is 0 Å². The molecule has 3 saturated carbocycles. The Bertz CT molecular complexity index is 560. The van der Waals surface area contributed by atoms with E-state index in [1.165, 1.54) is 5.57 Å². The Labute approximate surface area is 133 Å². The third-order valence-electron chi connectivity index (χ3n) is 7.65. The summed E-state index contributed by atoms with van der Waals surface area (Å²) in [5, 5.41) is 0. The van der Waals surface area contributed by atoms with Crippen molar-refractivity contribution in [1.29, 1.82) is 0 Å². The van der Waals surface area contributed by atoms with Crippen LogP contribution in [-0.2, 0) is 9.59 Å². The molecule has 7 atom stereocenters. The monoisotopic (exact) mass is 300 g/mol. The number of allylic oxidation sites excluding steroid dienone is 1. The highest BCUT2D eigenvalue weighted by Crippen LogP contribution is 2.63. The summed E-state index contributed by atoms with van der Waals surface area (Å²) in [6.45, 7) is 6.99. The van der Waals surface area contributed by atoms with E-state index in [2.05, 4.69) is 20.8 Å². The lowest BCUT2D eigenvalue weighted by atomic mass is 9.47. The van der Waals surface area contributed by atoms with E-state index < -0.39 is 0 Å².